The number of hydrogen-bond acceptors (Lipinski definition) is 4. The number of pyridine rings is 1. The predicted molar refractivity (Wildman–Crippen MR) is 59.9 cm³/mol. The molecule has 0 radical (unpaired) electrons. The number of nitrogens with one attached hydrogen (secondary N) is 1. The van der Waals surface area contributed by atoms with Gasteiger partial charge in [0.15, 0.2) is 0 Å². The van der Waals surface area contributed by atoms with E-state index in [0.29, 0.717) is 6.04 Å². The highest BCUT2D eigenvalue weighted by Gasteiger charge is 2.21. The van der Waals surface area contributed by atoms with Crippen LogP contribution in [0, 0.1) is 0 Å². The first-order valence-corrected chi connectivity index (χ1v) is 5.40. The molecule has 1 aromatic rings. The average Bonchev–Trinajstić information content (AvgIpc) is 2.31. The van der Waals surface area contributed by atoms with Gasteiger partial charge in [-0.3, -0.25) is 4.98 Å². The minimum atomic E-state index is 0.244. The Morgan fingerprint density at radius 3 is 3.00 bits per heavy atom. The van der Waals surface area contributed by atoms with Crippen molar-refractivity contribution < 1.29 is 5.11 Å². The van der Waals surface area contributed by atoms with Crippen molar-refractivity contribution in [1.82, 2.24) is 10.3 Å². The predicted octanol–water partition coefficient (Wildman–Crippen LogP) is 0.242. The number of aromatic nitrogens is 1. The number of anilines is 1. The van der Waals surface area contributed by atoms with Crippen LogP contribution in [0.15, 0.2) is 24.5 Å². The summed E-state index contributed by atoms with van der Waals surface area (Å²) in [6.07, 6.45) is 4.44. The molecule has 0 bridgehead atoms. The van der Waals surface area contributed by atoms with Gasteiger partial charge in [-0.2, -0.15) is 0 Å². The first-order chi connectivity index (χ1) is 7.42. The van der Waals surface area contributed by atoms with Crippen LogP contribution in [0.3, 0.4) is 0 Å². The standard InChI is InChI=1S/C11H17N3O/c15-8-3-11-9-13-6-7-14(11)10-1-4-12-5-2-10/h1-2,4-5,11,13,15H,3,6-9H2. The van der Waals surface area contributed by atoms with E-state index in [4.69, 9.17) is 5.11 Å². The molecule has 1 fully saturated rings. The smallest absolute Gasteiger partial charge is 0.0451 e. The van der Waals surface area contributed by atoms with Gasteiger partial charge >= 0.3 is 0 Å². The van der Waals surface area contributed by atoms with Crippen LogP contribution in [-0.2, 0) is 0 Å². The molecule has 0 aromatic carbocycles. The van der Waals surface area contributed by atoms with Crippen molar-refractivity contribution in [1.29, 1.82) is 0 Å². The highest BCUT2D eigenvalue weighted by molar-refractivity contribution is 5.46. The van der Waals surface area contributed by atoms with E-state index in [-0.39, 0.29) is 6.61 Å². The van der Waals surface area contributed by atoms with E-state index in [0.717, 1.165) is 26.1 Å². The molecular formula is C11H17N3O. The monoisotopic (exact) mass is 207 g/mol. The summed E-state index contributed by atoms with van der Waals surface area (Å²) >= 11 is 0. The van der Waals surface area contributed by atoms with Crippen molar-refractivity contribution in [3.8, 4) is 0 Å². The maximum Gasteiger partial charge on any atom is 0.0451 e. The second-order valence-corrected chi connectivity index (χ2v) is 3.77. The maximum absolute atomic E-state index is 9.02. The summed E-state index contributed by atoms with van der Waals surface area (Å²) in [5.41, 5.74) is 1.20. The molecule has 1 aromatic heterocycles. The van der Waals surface area contributed by atoms with Crippen LogP contribution in [0.4, 0.5) is 5.69 Å². The Morgan fingerprint density at radius 2 is 2.27 bits per heavy atom. The number of rotatable bonds is 3. The number of piperazine rings is 1. The Labute approximate surface area is 89.9 Å². The molecule has 2 heterocycles. The molecular weight excluding hydrogens is 190 g/mol. The molecule has 1 aliphatic heterocycles. The molecule has 82 valence electrons. The van der Waals surface area contributed by atoms with Gasteiger partial charge in [0.2, 0.25) is 0 Å². The van der Waals surface area contributed by atoms with E-state index < -0.39 is 0 Å². The van der Waals surface area contributed by atoms with Crippen LogP contribution in [0.25, 0.3) is 0 Å². The summed E-state index contributed by atoms with van der Waals surface area (Å²) in [5, 5.41) is 12.4. The van der Waals surface area contributed by atoms with E-state index in [1.54, 1.807) is 0 Å². The minimum Gasteiger partial charge on any atom is -0.396 e. The molecule has 0 spiro atoms. The van der Waals surface area contributed by atoms with Gasteiger partial charge < -0.3 is 15.3 Å². The molecule has 0 saturated carbocycles. The fraction of sp³-hybridized carbons (Fsp3) is 0.545. The second-order valence-electron chi connectivity index (χ2n) is 3.77. The van der Waals surface area contributed by atoms with Crippen LogP contribution < -0.4 is 10.2 Å². The van der Waals surface area contributed by atoms with Crippen molar-refractivity contribution in [2.75, 3.05) is 31.1 Å². The van der Waals surface area contributed by atoms with Gasteiger partial charge in [-0.1, -0.05) is 0 Å². The number of aliphatic hydroxyl groups excluding tert-OH is 1. The lowest BCUT2D eigenvalue weighted by Crippen LogP contribution is -2.51. The Hall–Kier alpha value is -1.13. The van der Waals surface area contributed by atoms with Gasteiger partial charge in [0.25, 0.3) is 0 Å². The van der Waals surface area contributed by atoms with Crippen molar-refractivity contribution in [3.05, 3.63) is 24.5 Å². The number of nitrogens with zero attached hydrogens (tertiary/aromatic N) is 2. The highest BCUT2D eigenvalue weighted by Crippen LogP contribution is 2.18. The normalized spacial score (nSPS) is 21.7. The lowest BCUT2D eigenvalue weighted by molar-refractivity contribution is 0.266. The van der Waals surface area contributed by atoms with Crippen molar-refractivity contribution >= 4 is 5.69 Å². The molecule has 2 rings (SSSR count). The van der Waals surface area contributed by atoms with E-state index in [1.165, 1.54) is 5.69 Å². The summed E-state index contributed by atoms with van der Waals surface area (Å²) in [7, 11) is 0. The Kier molecular flexibility index (Phi) is 3.53. The molecule has 1 aliphatic rings. The molecule has 1 unspecified atom stereocenters. The lowest BCUT2D eigenvalue weighted by Gasteiger charge is -2.37. The van der Waals surface area contributed by atoms with Crippen LogP contribution >= 0.6 is 0 Å². The van der Waals surface area contributed by atoms with E-state index >= 15 is 0 Å². The zero-order chi connectivity index (χ0) is 10.5. The van der Waals surface area contributed by atoms with E-state index in [9.17, 15) is 0 Å². The molecule has 0 amide bonds. The average molecular weight is 207 g/mol. The van der Waals surface area contributed by atoms with Crippen molar-refractivity contribution in [2.45, 2.75) is 12.5 Å². The summed E-state index contributed by atoms with van der Waals surface area (Å²) in [4.78, 5) is 6.36. The third kappa shape index (κ3) is 2.46. The van der Waals surface area contributed by atoms with Crippen LogP contribution in [0.5, 0.6) is 0 Å². The summed E-state index contributed by atoms with van der Waals surface area (Å²) in [6, 6.07) is 4.44. The first kappa shape index (κ1) is 10.4. The van der Waals surface area contributed by atoms with Gasteiger partial charge in [0.05, 0.1) is 0 Å². The van der Waals surface area contributed by atoms with Gasteiger partial charge in [-0.15, -0.1) is 0 Å². The van der Waals surface area contributed by atoms with E-state index in [2.05, 4.69) is 15.2 Å². The molecule has 15 heavy (non-hydrogen) atoms. The van der Waals surface area contributed by atoms with Crippen molar-refractivity contribution in [2.24, 2.45) is 0 Å². The van der Waals surface area contributed by atoms with Crippen molar-refractivity contribution in [3.63, 3.8) is 0 Å². The van der Waals surface area contributed by atoms with Gasteiger partial charge in [-0.05, 0) is 18.6 Å². The van der Waals surface area contributed by atoms with Gasteiger partial charge in [-0.25, -0.2) is 0 Å². The maximum atomic E-state index is 9.02. The number of aliphatic hydroxyl groups is 1. The second kappa shape index (κ2) is 5.09. The Bertz CT molecular complexity index is 289. The molecule has 1 saturated heterocycles. The largest absolute Gasteiger partial charge is 0.396 e. The molecule has 0 aliphatic carbocycles. The molecule has 4 nitrogen and oxygen atoms in total. The zero-order valence-electron chi connectivity index (χ0n) is 8.76. The molecule has 1 atom stereocenters. The van der Waals surface area contributed by atoms with Gasteiger partial charge in [0.1, 0.15) is 0 Å². The third-order valence-electron chi connectivity index (χ3n) is 2.81. The molecule has 4 heteroatoms. The lowest BCUT2D eigenvalue weighted by atomic mass is 10.1. The quantitative estimate of drug-likeness (QED) is 0.745. The zero-order valence-corrected chi connectivity index (χ0v) is 8.76. The van der Waals surface area contributed by atoms with Crippen LogP contribution in [0.2, 0.25) is 0 Å². The Morgan fingerprint density at radius 1 is 1.47 bits per heavy atom. The van der Waals surface area contributed by atoms with Crippen LogP contribution in [-0.4, -0.2) is 42.4 Å². The molecule has 2 N–H and O–H groups in total. The van der Waals surface area contributed by atoms with E-state index in [1.807, 2.05) is 24.5 Å². The summed E-state index contributed by atoms with van der Waals surface area (Å²) in [6.45, 7) is 3.19. The summed E-state index contributed by atoms with van der Waals surface area (Å²) < 4.78 is 0. The van der Waals surface area contributed by atoms with Crippen LogP contribution in [0.1, 0.15) is 6.42 Å². The fourth-order valence-corrected chi connectivity index (χ4v) is 2.04. The topological polar surface area (TPSA) is 48.4 Å². The fourth-order valence-electron chi connectivity index (χ4n) is 2.04. The minimum absolute atomic E-state index is 0.244. The van der Waals surface area contributed by atoms with Gasteiger partial charge in [0, 0.05) is 50.4 Å². The SMILES string of the molecule is OCCC1CNCCN1c1ccncc1. The Balaban J connectivity index is 2.11. The number of hydrogen-bond donors (Lipinski definition) is 2. The third-order valence-corrected chi connectivity index (χ3v) is 2.81. The first-order valence-electron chi connectivity index (χ1n) is 5.40. The highest BCUT2D eigenvalue weighted by atomic mass is 16.3. The summed E-state index contributed by atoms with van der Waals surface area (Å²) in [5.74, 6) is 0.